The largest absolute Gasteiger partial charge is 0.434 e. The van der Waals surface area contributed by atoms with Crippen molar-refractivity contribution in [3.63, 3.8) is 0 Å². The Morgan fingerprint density at radius 3 is 2.70 bits per heavy atom. The van der Waals surface area contributed by atoms with Crippen LogP contribution in [0.1, 0.15) is 10.4 Å². The van der Waals surface area contributed by atoms with Crippen LogP contribution in [0.2, 0.25) is 0 Å². The summed E-state index contributed by atoms with van der Waals surface area (Å²) in [5.41, 5.74) is 0.528. The van der Waals surface area contributed by atoms with Crippen LogP contribution in [-0.4, -0.2) is 50.3 Å². The number of ether oxygens (including phenoxy) is 1. The highest BCUT2D eigenvalue weighted by molar-refractivity contribution is 7.91. The molecule has 37 heavy (non-hydrogen) atoms. The summed E-state index contributed by atoms with van der Waals surface area (Å²) in [5.74, 6) is -0.912. The van der Waals surface area contributed by atoms with Gasteiger partial charge in [0.15, 0.2) is 5.65 Å². The normalized spacial score (nSPS) is 11.7. The van der Waals surface area contributed by atoms with Crippen molar-refractivity contribution in [2.24, 2.45) is 7.05 Å². The SMILES string of the molecule is Cn1cc(NC(=O)c2cnn3cccnc23)c(-c2cc(S(=O)(=O)c3cccnc3)ccc2OC(F)F)n1. The second-order valence-electron chi connectivity index (χ2n) is 7.69. The Balaban J connectivity index is 1.59. The van der Waals surface area contributed by atoms with Gasteiger partial charge < -0.3 is 10.1 Å². The van der Waals surface area contributed by atoms with Crippen LogP contribution in [0.4, 0.5) is 14.5 Å². The molecule has 4 heterocycles. The maximum atomic E-state index is 13.2. The van der Waals surface area contributed by atoms with Crippen LogP contribution in [0.25, 0.3) is 16.9 Å². The van der Waals surface area contributed by atoms with Gasteiger partial charge in [0, 0.05) is 43.6 Å². The molecule has 0 saturated heterocycles. The first-order valence-corrected chi connectivity index (χ1v) is 12.1. The van der Waals surface area contributed by atoms with E-state index >= 15 is 0 Å². The number of aromatic nitrogens is 6. The van der Waals surface area contributed by atoms with E-state index in [9.17, 15) is 22.0 Å². The van der Waals surface area contributed by atoms with Gasteiger partial charge in [0.1, 0.15) is 17.0 Å². The summed E-state index contributed by atoms with van der Waals surface area (Å²) in [5, 5.41) is 11.0. The molecule has 11 nitrogen and oxygen atoms in total. The summed E-state index contributed by atoms with van der Waals surface area (Å²) in [7, 11) is -2.49. The molecule has 4 aromatic heterocycles. The van der Waals surface area contributed by atoms with Crippen molar-refractivity contribution in [3.8, 4) is 17.0 Å². The predicted molar refractivity (Wildman–Crippen MR) is 126 cm³/mol. The van der Waals surface area contributed by atoms with Gasteiger partial charge >= 0.3 is 6.61 Å². The third-order valence-electron chi connectivity index (χ3n) is 5.28. The van der Waals surface area contributed by atoms with Gasteiger partial charge in [-0.05, 0) is 36.4 Å². The number of halogens is 2. The Hall–Kier alpha value is -4.72. The highest BCUT2D eigenvalue weighted by Crippen LogP contribution is 2.37. The number of nitrogens with zero attached hydrogens (tertiary/aromatic N) is 6. The van der Waals surface area contributed by atoms with E-state index in [1.807, 2.05) is 0 Å². The molecule has 0 saturated carbocycles. The molecule has 1 N–H and O–H groups in total. The number of fused-ring (bicyclic) bond motifs is 1. The van der Waals surface area contributed by atoms with Crippen LogP contribution in [-0.2, 0) is 16.9 Å². The number of pyridine rings is 1. The van der Waals surface area contributed by atoms with E-state index in [0.717, 1.165) is 18.2 Å². The standard InChI is InChI=1S/C23H17F2N7O4S/c1-31-13-18(29-22(33)17-12-28-32-9-3-8-27-21(17)32)20(30-31)16-10-14(5-6-19(16)36-23(24)25)37(34,35)15-4-2-7-26-11-15/h2-13,23H,1H3,(H,29,33). The van der Waals surface area contributed by atoms with E-state index in [1.54, 1.807) is 19.3 Å². The van der Waals surface area contributed by atoms with Crippen molar-refractivity contribution < 1.29 is 26.7 Å². The third kappa shape index (κ3) is 4.61. The number of aryl methyl sites for hydroxylation is 1. The number of nitrogens with one attached hydrogen (secondary N) is 1. The molecule has 0 fully saturated rings. The van der Waals surface area contributed by atoms with Gasteiger partial charge in [-0.25, -0.2) is 17.9 Å². The van der Waals surface area contributed by atoms with Gasteiger partial charge in [0.25, 0.3) is 5.91 Å². The Bertz CT molecular complexity index is 1720. The summed E-state index contributed by atoms with van der Waals surface area (Å²) in [6.45, 7) is -3.19. The fourth-order valence-corrected chi connectivity index (χ4v) is 4.91. The number of hydrogen-bond acceptors (Lipinski definition) is 8. The van der Waals surface area contributed by atoms with Gasteiger partial charge in [-0.1, -0.05) is 0 Å². The van der Waals surface area contributed by atoms with E-state index < -0.39 is 22.4 Å². The van der Waals surface area contributed by atoms with Crippen LogP contribution in [0.3, 0.4) is 0 Å². The number of benzene rings is 1. The monoisotopic (exact) mass is 525 g/mol. The Morgan fingerprint density at radius 2 is 1.95 bits per heavy atom. The maximum Gasteiger partial charge on any atom is 0.387 e. The molecule has 14 heteroatoms. The lowest BCUT2D eigenvalue weighted by Gasteiger charge is -2.13. The van der Waals surface area contributed by atoms with Gasteiger partial charge in [-0.15, -0.1) is 0 Å². The van der Waals surface area contributed by atoms with Gasteiger partial charge in [0.2, 0.25) is 9.84 Å². The van der Waals surface area contributed by atoms with E-state index in [4.69, 9.17) is 0 Å². The number of amides is 1. The smallest absolute Gasteiger partial charge is 0.387 e. The molecule has 5 aromatic rings. The fourth-order valence-electron chi connectivity index (χ4n) is 3.66. The fraction of sp³-hybridized carbons (Fsp3) is 0.0870. The first-order chi connectivity index (χ1) is 17.7. The minimum absolute atomic E-state index is 0.0131. The number of carbonyl (C=O) groups is 1. The summed E-state index contributed by atoms with van der Waals surface area (Å²) in [6, 6.07) is 7.90. The van der Waals surface area contributed by atoms with Gasteiger partial charge in [-0.3, -0.25) is 14.5 Å². The van der Waals surface area contributed by atoms with Crippen LogP contribution >= 0.6 is 0 Å². The predicted octanol–water partition coefficient (Wildman–Crippen LogP) is 3.21. The van der Waals surface area contributed by atoms with E-state index in [2.05, 4.69) is 30.2 Å². The highest BCUT2D eigenvalue weighted by atomic mass is 32.2. The molecular formula is C23H17F2N7O4S. The molecule has 5 rings (SSSR count). The summed E-state index contributed by atoms with van der Waals surface area (Å²) < 4.78 is 60.1. The molecular weight excluding hydrogens is 508 g/mol. The molecule has 0 spiro atoms. The van der Waals surface area contributed by atoms with Crippen molar-refractivity contribution in [3.05, 3.63) is 79.1 Å². The molecule has 0 aliphatic rings. The second kappa shape index (κ2) is 9.39. The zero-order valence-corrected chi connectivity index (χ0v) is 19.8. The van der Waals surface area contributed by atoms with Crippen LogP contribution < -0.4 is 10.1 Å². The lowest BCUT2D eigenvalue weighted by Crippen LogP contribution is -2.12. The van der Waals surface area contributed by atoms with Gasteiger partial charge in [0.05, 0.1) is 21.7 Å². The first kappa shape index (κ1) is 24.0. The number of carbonyl (C=O) groups excluding carboxylic acids is 1. The highest BCUT2D eigenvalue weighted by Gasteiger charge is 2.25. The third-order valence-corrected chi connectivity index (χ3v) is 7.01. The molecule has 1 aromatic carbocycles. The summed E-state index contributed by atoms with van der Waals surface area (Å²) in [4.78, 5) is 20.8. The topological polar surface area (TPSA) is 133 Å². The average Bonchev–Trinajstić information content (AvgIpc) is 3.47. The molecule has 0 bridgehead atoms. The van der Waals surface area contributed by atoms with E-state index in [0.29, 0.717) is 5.65 Å². The Morgan fingerprint density at radius 1 is 1.11 bits per heavy atom. The number of sulfone groups is 1. The molecule has 0 atom stereocenters. The van der Waals surface area contributed by atoms with Crippen molar-refractivity contribution >= 4 is 27.1 Å². The molecule has 0 radical (unpaired) electrons. The zero-order chi connectivity index (χ0) is 26.2. The van der Waals surface area contributed by atoms with Crippen LogP contribution in [0, 0.1) is 0 Å². The Labute approximate surface area is 208 Å². The second-order valence-corrected chi connectivity index (χ2v) is 9.64. The van der Waals surface area contributed by atoms with Crippen LogP contribution in [0.15, 0.2) is 83.4 Å². The van der Waals surface area contributed by atoms with Crippen molar-refractivity contribution in [1.82, 2.24) is 29.4 Å². The number of alkyl halides is 2. The molecule has 0 aliphatic heterocycles. The lowest BCUT2D eigenvalue weighted by molar-refractivity contribution is -0.0494. The number of hydrogen-bond donors (Lipinski definition) is 1. The summed E-state index contributed by atoms with van der Waals surface area (Å²) in [6.07, 6.45) is 8.50. The number of rotatable bonds is 7. The van der Waals surface area contributed by atoms with Crippen molar-refractivity contribution in [2.45, 2.75) is 16.4 Å². The van der Waals surface area contributed by atoms with Crippen LogP contribution in [0.5, 0.6) is 5.75 Å². The lowest BCUT2D eigenvalue weighted by atomic mass is 10.1. The van der Waals surface area contributed by atoms with E-state index in [-0.39, 0.29) is 38.0 Å². The molecule has 188 valence electrons. The van der Waals surface area contributed by atoms with Gasteiger partial charge in [-0.2, -0.15) is 19.0 Å². The zero-order valence-electron chi connectivity index (χ0n) is 19.0. The molecule has 0 unspecified atom stereocenters. The van der Waals surface area contributed by atoms with Crippen molar-refractivity contribution in [1.29, 1.82) is 0 Å². The molecule has 1 amide bonds. The minimum atomic E-state index is -4.05. The average molecular weight is 525 g/mol. The van der Waals surface area contributed by atoms with E-state index in [1.165, 1.54) is 52.3 Å². The maximum absolute atomic E-state index is 13.2. The first-order valence-electron chi connectivity index (χ1n) is 10.6. The minimum Gasteiger partial charge on any atom is -0.434 e. The molecule has 0 aliphatic carbocycles. The summed E-state index contributed by atoms with van der Waals surface area (Å²) >= 11 is 0. The Kier molecular flexibility index (Phi) is 6.09. The van der Waals surface area contributed by atoms with Crippen molar-refractivity contribution in [2.75, 3.05) is 5.32 Å². The number of anilines is 1. The quantitative estimate of drug-likeness (QED) is 0.343.